The lowest BCUT2D eigenvalue weighted by atomic mass is 10.1. The number of carbonyl (C=O) groups is 1. The molecule has 282 valence electrons. The van der Waals surface area contributed by atoms with E-state index in [9.17, 15) is 28.2 Å². The van der Waals surface area contributed by atoms with Crippen LogP contribution in [0.15, 0.2) is 30.0 Å². The van der Waals surface area contributed by atoms with Crippen LogP contribution in [0.3, 0.4) is 0 Å². The number of hydrogen-bond acceptors (Lipinski definition) is 16. The summed E-state index contributed by atoms with van der Waals surface area (Å²) in [5.41, 5.74) is -0.817. The van der Waals surface area contributed by atoms with Gasteiger partial charge in [-0.05, 0) is 20.0 Å². The molecular formula is C26H31F2N9O11P2S2. The second-order valence-corrected chi connectivity index (χ2v) is 17.6. The van der Waals surface area contributed by atoms with Crippen LogP contribution in [0.5, 0.6) is 0 Å². The number of aliphatic hydroxyl groups excluding tert-OH is 1. The monoisotopic (exact) mass is 809 g/mol. The number of amides is 1. The van der Waals surface area contributed by atoms with E-state index in [1.807, 2.05) is 0 Å². The number of thiol groups is 2. The van der Waals surface area contributed by atoms with Crippen LogP contribution < -0.4 is 16.2 Å². The molecule has 7 rings (SSSR count). The molecule has 20 nitrogen and oxygen atoms in total. The minimum Gasteiger partial charge on any atom is -0.387 e. The number of hydrogen-bond donors (Lipinski definition) is 6. The summed E-state index contributed by atoms with van der Waals surface area (Å²) >= 11 is 8.04. The van der Waals surface area contributed by atoms with E-state index in [0.29, 0.717) is 13.0 Å². The van der Waals surface area contributed by atoms with Crippen LogP contribution in [-0.2, 0) is 41.5 Å². The molecule has 3 aliphatic rings. The minimum absolute atomic E-state index is 0.0654. The van der Waals surface area contributed by atoms with Gasteiger partial charge in [-0.25, -0.2) is 37.8 Å². The number of anilines is 1. The summed E-state index contributed by atoms with van der Waals surface area (Å²) in [6.07, 6.45) is -8.06. The number of aromatic amines is 1. The zero-order valence-corrected chi connectivity index (χ0v) is 30.3. The fraction of sp³-hybridized carbons (Fsp3) is 0.538. The summed E-state index contributed by atoms with van der Waals surface area (Å²) in [7, 11) is 1.76. The maximum absolute atomic E-state index is 16.3. The highest BCUT2D eigenvalue weighted by Crippen LogP contribution is 2.60. The first kappa shape index (κ1) is 37.5. The molecule has 10 atom stereocenters. The molecule has 0 saturated carbocycles. The Balaban J connectivity index is 1.15. The molecule has 4 aromatic rings. The van der Waals surface area contributed by atoms with Gasteiger partial charge < -0.3 is 34.8 Å². The van der Waals surface area contributed by atoms with Crippen LogP contribution in [-0.4, -0.2) is 109 Å². The molecule has 3 saturated heterocycles. The minimum atomic E-state index is -4.52. The van der Waals surface area contributed by atoms with E-state index < -0.39 is 92.7 Å². The lowest BCUT2D eigenvalue weighted by Gasteiger charge is -2.26. The summed E-state index contributed by atoms with van der Waals surface area (Å²) in [5.74, 6) is -1.23. The van der Waals surface area contributed by atoms with Gasteiger partial charge in [0.05, 0.1) is 25.9 Å². The Morgan fingerprint density at radius 3 is 2.50 bits per heavy atom. The summed E-state index contributed by atoms with van der Waals surface area (Å²) in [6.45, 7) is -9.83. The first-order chi connectivity index (χ1) is 24.8. The Morgan fingerprint density at radius 1 is 1.04 bits per heavy atom. The third-order valence-corrected chi connectivity index (χ3v) is 11.7. The van der Waals surface area contributed by atoms with Crippen LogP contribution in [0, 0.1) is 5.82 Å². The summed E-state index contributed by atoms with van der Waals surface area (Å²) in [5, 5.41) is 16.3. The van der Waals surface area contributed by atoms with Crippen molar-refractivity contribution in [2.75, 3.05) is 32.1 Å². The number of carbonyl (C=O) groups excluding carboxylic acids is 1. The van der Waals surface area contributed by atoms with Crippen molar-refractivity contribution in [3.8, 4) is 0 Å². The molecule has 0 unspecified atom stereocenters. The number of nitrogens with zero attached hydrogens (tertiary/aromatic N) is 6. The molecule has 0 spiro atoms. The van der Waals surface area contributed by atoms with Gasteiger partial charge in [0, 0.05) is 12.6 Å². The highest BCUT2D eigenvalue weighted by atomic mass is 32.7. The van der Waals surface area contributed by atoms with Crippen molar-refractivity contribution in [1.82, 2.24) is 39.4 Å². The Labute approximate surface area is 301 Å². The number of ether oxygens (including phenoxy) is 2. The van der Waals surface area contributed by atoms with Gasteiger partial charge in [-0.3, -0.25) is 32.3 Å². The third-order valence-electron chi connectivity index (χ3n) is 8.46. The molecule has 7 heterocycles. The van der Waals surface area contributed by atoms with Crippen LogP contribution in [0.2, 0.25) is 0 Å². The molecule has 26 heteroatoms. The van der Waals surface area contributed by atoms with Crippen molar-refractivity contribution in [3.05, 3.63) is 41.3 Å². The first-order valence-electron chi connectivity index (χ1n) is 15.6. The molecule has 3 aliphatic heterocycles. The Morgan fingerprint density at radius 2 is 1.75 bits per heavy atom. The van der Waals surface area contributed by atoms with Gasteiger partial charge in [0.2, 0.25) is 5.91 Å². The number of aromatic nitrogens is 7. The highest BCUT2D eigenvalue weighted by Gasteiger charge is 2.54. The SMILES string of the molecule is CNCCCC(=O)Nc1ncnc2c1ncn2[C@@H]1O[C@@H]2CO[P@@](=O)(S)O[C@@H]3[C@H](O)[C@@H](CO[P@@](=O)(S)O[C@H]2[C@H]1F)O[C@H]3n1cc(F)c2c(=O)[nH]cnc21. The van der Waals surface area contributed by atoms with E-state index in [-0.39, 0.29) is 35.0 Å². The normalized spacial score (nSPS) is 34.1. The molecule has 3 fully saturated rings. The maximum Gasteiger partial charge on any atom is 0.386 e. The average molecular weight is 810 g/mol. The molecule has 0 aliphatic carbocycles. The van der Waals surface area contributed by atoms with Crippen molar-refractivity contribution >= 4 is 72.0 Å². The van der Waals surface area contributed by atoms with Crippen molar-refractivity contribution < 1.29 is 55.4 Å². The second-order valence-electron chi connectivity index (χ2n) is 11.9. The number of alkyl halides is 1. The predicted octanol–water partition coefficient (Wildman–Crippen LogP) is 2.03. The zero-order valence-electron chi connectivity index (χ0n) is 26.7. The highest BCUT2D eigenvalue weighted by molar-refractivity contribution is 8.44. The third kappa shape index (κ3) is 7.31. The molecule has 2 bridgehead atoms. The van der Waals surface area contributed by atoms with Crippen molar-refractivity contribution in [2.24, 2.45) is 0 Å². The van der Waals surface area contributed by atoms with E-state index in [0.717, 1.165) is 23.4 Å². The van der Waals surface area contributed by atoms with Crippen LogP contribution in [0.1, 0.15) is 25.3 Å². The van der Waals surface area contributed by atoms with Crippen LogP contribution in [0.25, 0.3) is 22.2 Å². The van der Waals surface area contributed by atoms with Gasteiger partial charge in [-0.15, -0.1) is 0 Å². The molecule has 1 amide bonds. The Bertz CT molecular complexity index is 2150. The quantitative estimate of drug-likeness (QED) is 0.0889. The van der Waals surface area contributed by atoms with E-state index in [2.05, 4.69) is 60.1 Å². The Hall–Kier alpha value is -2.86. The fourth-order valence-corrected chi connectivity index (χ4v) is 9.01. The van der Waals surface area contributed by atoms with E-state index in [1.54, 1.807) is 7.05 Å². The number of rotatable bonds is 7. The fourth-order valence-electron chi connectivity index (χ4n) is 6.07. The molecular weight excluding hydrogens is 778 g/mol. The number of nitrogens with one attached hydrogen (secondary N) is 3. The standard InChI is InChI=1S/C26H31F2N9O11P2S2/c1-29-4-2-3-14(38)35-21-17-23(32-8-30-21)37(10-34-17)25-16(28)19-13(46-25)7-44-50(42,52)48-20-18(39)12(6-43-49(41,51)47-19)45-26(20)36-5-11(27)15-22(36)31-9-33-24(15)40/h5,8-10,12-13,16,18-20,25-26,29,39H,2-4,6-7H2,1H3,(H,41,51)(H,42,52)(H,31,33,40)(H,30,32,35,38)/t12-,13-,16-,18-,19-,20-,25-,26-,49-,50-/m1/s1. The molecule has 0 aromatic carbocycles. The molecule has 0 radical (unpaired) electrons. The lowest BCUT2D eigenvalue weighted by Crippen LogP contribution is -2.35. The molecule has 4 aromatic heterocycles. The number of H-pyrrole nitrogens is 1. The van der Waals surface area contributed by atoms with Crippen molar-refractivity contribution in [2.45, 2.75) is 62.0 Å². The largest absolute Gasteiger partial charge is 0.387 e. The van der Waals surface area contributed by atoms with Crippen molar-refractivity contribution in [1.29, 1.82) is 0 Å². The summed E-state index contributed by atoms with van der Waals surface area (Å²) < 4.78 is 94.4. The maximum atomic E-state index is 16.3. The zero-order chi connectivity index (χ0) is 36.9. The smallest absolute Gasteiger partial charge is 0.386 e. The summed E-state index contributed by atoms with van der Waals surface area (Å²) in [6, 6.07) is 0. The second kappa shape index (κ2) is 14.8. The number of fused-ring (bicyclic) bond motifs is 5. The van der Waals surface area contributed by atoms with Gasteiger partial charge in [0.1, 0.15) is 42.2 Å². The molecule has 52 heavy (non-hydrogen) atoms. The number of imidazole rings is 1. The van der Waals surface area contributed by atoms with Crippen LogP contribution in [0.4, 0.5) is 14.6 Å². The van der Waals surface area contributed by atoms with Crippen LogP contribution >= 0.6 is 38.1 Å². The topological polar surface area (TPSA) is 245 Å². The lowest BCUT2D eigenvalue weighted by molar-refractivity contribution is -0.116. The van der Waals surface area contributed by atoms with Gasteiger partial charge in [-0.1, -0.05) is 24.5 Å². The number of halogens is 2. The number of aliphatic hydroxyl groups is 1. The Kier molecular flexibility index (Phi) is 10.6. The average Bonchev–Trinajstić information content (AvgIpc) is 3.83. The summed E-state index contributed by atoms with van der Waals surface area (Å²) in [4.78, 5) is 43.5. The van der Waals surface area contributed by atoms with E-state index in [1.165, 1.54) is 10.9 Å². The van der Waals surface area contributed by atoms with Gasteiger partial charge >= 0.3 is 13.6 Å². The van der Waals surface area contributed by atoms with E-state index in [4.69, 9.17) is 27.6 Å². The van der Waals surface area contributed by atoms with Gasteiger partial charge in [0.15, 0.2) is 47.1 Å². The van der Waals surface area contributed by atoms with Gasteiger partial charge in [-0.2, -0.15) is 0 Å². The van der Waals surface area contributed by atoms with Gasteiger partial charge in [0.25, 0.3) is 5.56 Å². The van der Waals surface area contributed by atoms with Crippen molar-refractivity contribution in [3.63, 3.8) is 0 Å². The first-order valence-corrected chi connectivity index (χ1v) is 21.0. The molecule has 4 N–H and O–H groups in total. The van der Waals surface area contributed by atoms with E-state index >= 15 is 4.39 Å². The predicted molar refractivity (Wildman–Crippen MR) is 181 cm³/mol.